The summed E-state index contributed by atoms with van der Waals surface area (Å²) in [4.78, 5) is 4.56. The van der Waals surface area contributed by atoms with E-state index in [-0.39, 0.29) is 0 Å². The van der Waals surface area contributed by atoms with E-state index in [4.69, 9.17) is 5.73 Å². The summed E-state index contributed by atoms with van der Waals surface area (Å²) >= 11 is 0. The van der Waals surface area contributed by atoms with Crippen molar-refractivity contribution < 1.29 is 0 Å². The zero-order chi connectivity index (χ0) is 13.8. The molecule has 102 valence electrons. The Hall–Kier alpha value is -1.68. The molecule has 0 aliphatic rings. The molecule has 19 heavy (non-hydrogen) atoms. The van der Waals surface area contributed by atoms with Gasteiger partial charge in [-0.05, 0) is 37.1 Å². The topological polar surface area (TPSA) is 56.7 Å². The predicted molar refractivity (Wildman–Crippen MR) is 77.6 cm³/mol. The second kappa shape index (κ2) is 5.97. The number of hydrogen-bond acceptors (Lipinski definition) is 3. The van der Waals surface area contributed by atoms with Crippen molar-refractivity contribution in [1.82, 2.24) is 14.8 Å². The number of nitrogens with two attached hydrogens (primary N) is 1. The van der Waals surface area contributed by atoms with Gasteiger partial charge in [0.05, 0.1) is 5.69 Å². The Labute approximate surface area is 114 Å². The summed E-state index contributed by atoms with van der Waals surface area (Å²) in [6, 6.07) is 6.43. The van der Waals surface area contributed by atoms with Gasteiger partial charge in [-0.2, -0.15) is 5.10 Å². The molecule has 1 heterocycles. The third-order valence-corrected chi connectivity index (χ3v) is 3.27. The van der Waals surface area contributed by atoms with Gasteiger partial charge in [0.25, 0.3) is 0 Å². The van der Waals surface area contributed by atoms with Crippen molar-refractivity contribution >= 4 is 0 Å². The van der Waals surface area contributed by atoms with Gasteiger partial charge in [0.2, 0.25) is 0 Å². The van der Waals surface area contributed by atoms with E-state index in [1.807, 2.05) is 4.68 Å². The Morgan fingerprint density at radius 1 is 1.21 bits per heavy atom. The van der Waals surface area contributed by atoms with Crippen LogP contribution in [0.1, 0.15) is 36.6 Å². The van der Waals surface area contributed by atoms with Gasteiger partial charge in [-0.25, -0.2) is 9.67 Å². The highest BCUT2D eigenvalue weighted by molar-refractivity contribution is 5.43. The standard InChI is InChI=1S/C15H22N4/c1-4-14-17-15(5-2)19(18-14)13-7-6-12(8-9-16)10-11(13)3/h6-7,10H,4-5,8-9,16H2,1-3H3. The summed E-state index contributed by atoms with van der Waals surface area (Å²) in [5, 5.41) is 4.59. The van der Waals surface area contributed by atoms with Crippen LogP contribution in [0.5, 0.6) is 0 Å². The SMILES string of the molecule is CCc1nc(CC)n(-c2ccc(CCN)cc2C)n1. The van der Waals surface area contributed by atoms with Crippen LogP contribution in [-0.2, 0) is 19.3 Å². The molecule has 4 heteroatoms. The molecule has 0 aliphatic heterocycles. The molecule has 0 saturated heterocycles. The highest BCUT2D eigenvalue weighted by Crippen LogP contribution is 2.17. The van der Waals surface area contributed by atoms with Gasteiger partial charge in [-0.15, -0.1) is 0 Å². The minimum Gasteiger partial charge on any atom is -0.330 e. The second-order valence-corrected chi connectivity index (χ2v) is 4.72. The minimum atomic E-state index is 0.683. The Morgan fingerprint density at radius 3 is 2.58 bits per heavy atom. The molecule has 0 saturated carbocycles. The third kappa shape index (κ3) is 2.84. The molecule has 0 unspecified atom stereocenters. The molecule has 0 atom stereocenters. The first-order valence-electron chi connectivity index (χ1n) is 6.94. The predicted octanol–water partition coefficient (Wildman–Crippen LogP) is 2.20. The molecule has 4 nitrogen and oxygen atoms in total. The van der Waals surface area contributed by atoms with E-state index in [2.05, 4.69) is 49.1 Å². The Bertz CT molecular complexity index is 557. The Balaban J connectivity index is 2.43. The van der Waals surface area contributed by atoms with E-state index in [0.717, 1.165) is 36.6 Å². The monoisotopic (exact) mass is 258 g/mol. The summed E-state index contributed by atoms with van der Waals surface area (Å²) < 4.78 is 1.97. The minimum absolute atomic E-state index is 0.683. The van der Waals surface area contributed by atoms with Crippen LogP contribution < -0.4 is 5.73 Å². The van der Waals surface area contributed by atoms with Crippen LogP contribution in [0.25, 0.3) is 5.69 Å². The van der Waals surface area contributed by atoms with Crippen LogP contribution in [0, 0.1) is 6.92 Å². The molecule has 1 aromatic heterocycles. The summed E-state index contributed by atoms with van der Waals surface area (Å²) in [6.07, 6.45) is 2.67. The third-order valence-electron chi connectivity index (χ3n) is 3.27. The fraction of sp³-hybridized carbons (Fsp3) is 0.467. The van der Waals surface area contributed by atoms with Crippen molar-refractivity contribution in [1.29, 1.82) is 0 Å². The largest absolute Gasteiger partial charge is 0.330 e. The van der Waals surface area contributed by atoms with Gasteiger partial charge < -0.3 is 5.73 Å². The molecular weight excluding hydrogens is 236 g/mol. The molecule has 0 fully saturated rings. The van der Waals surface area contributed by atoms with Crippen molar-refractivity contribution in [3.05, 3.63) is 41.0 Å². The molecule has 0 bridgehead atoms. The molecule has 1 aromatic carbocycles. The normalized spacial score (nSPS) is 10.9. The number of aromatic nitrogens is 3. The van der Waals surface area contributed by atoms with E-state index >= 15 is 0 Å². The lowest BCUT2D eigenvalue weighted by Gasteiger charge is -2.10. The number of nitrogens with zero attached hydrogens (tertiary/aromatic N) is 3. The maximum Gasteiger partial charge on any atom is 0.151 e. The number of rotatable bonds is 5. The van der Waals surface area contributed by atoms with E-state index in [0.29, 0.717) is 6.54 Å². The van der Waals surface area contributed by atoms with Crippen LogP contribution in [0.4, 0.5) is 0 Å². The highest BCUT2D eigenvalue weighted by Gasteiger charge is 2.11. The highest BCUT2D eigenvalue weighted by atomic mass is 15.3. The lowest BCUT2D eigenvalue weighted by Crippen LogP contribution is -2.06. The van der Waals surface area contributed by atoms with Crippen LogP contribution in [-0.4, -0.2) is 21.3 Å². The first-order chi connectivity index (χ1) is 9.19. The molecule has 0 aliphatic carbocycles. The first kappa shape index (κ1) is 13.7. The summed E-state index contributed by atoms with van der Waals surface area (Å²) in [7, 11) is 0. The molecule has 0 spiro atoms. The summed E-state index contributed by atoms with van der Waals surface area (Å²) in [5.74, 6) is 1.92. The average molecular weight is 258 g/mol. The number of benzene rings is 1. The van der Waals surface area contributed by atoms with Crippen LogP contribution >= 0.6 is 0 Å². The molecule has 0 radical (unpaired) electrons. The van der Waals surface area contributed by atoms with Crippen molar-refractivity contribution in [2.24, 2.45) is 5.73 Å². The molecular formula is C15H22N4. The smallest absolute Gasteiger partial charge is 0.151 e. The lowest BCUT2D eigenvalue weighted by molar-refractivity contribution is 0.785. The van der Waals surface area contributed by atoms with Gasteiger partial charge in [0, 0.05) is 12.8 Å². The van der Waals surface area contributed by atoms with Crippen molar-refractivity contribution in [2.75, 3.05) is 6.54 Å². The van der Waals surface area contributed by atoms with Gasteiger partial charge >= 0.3 is 0 Å². The second-order valence-electron chi connectivity index (χ2n) is 4.72. The van der Waals surface area contributed by atoms with E-state index in [1.54, 1.807) is 0 Å². The zero-order valence-electron chi connectivity index (χ0n) is 12.0. The fourth-order valence-electron chi connectivity index (χ4n) is 2.24. The maximum atomic E-state index is 5.60. The summed E-state index contributed by atoms with van der Waals surface area (Å²) in [6.45, 7) is 6.98. The molecule has 2 N–H and O–H groups in total. The van der Waals surface area contributed by atoms with Crippen LogP contribution in [0.3, 0.4) is 0 Å². The van der Waals surface area contributed by atoms with E-state index < -0.39 is 0 Å². The Kier molecular flexibility index (Phi) is 4.32. The maximum absolute atomic E-state index is 5.60. The van der Waals surface area contributed by atoms with Gasteiger partial charge in [-0.1, -0.05) is 26.0 Å². The van der Waals surface area contributed by atoms with E-state index in [1.165, 1.54) is 11.1 Å². The van der Waals surface area contributed by atoms with Crippen LogP contribution in [0.15, 0.2) is 18.2 Å². The van der Waals surface area contributed by atoms with Gasteiger partial charge in [0.15, 0.2) is 5.82 Å². The fourth-order valence-corrected chi connectivity index (χ4v) is 2.24. The first-order valence-corrected chi connectivity index (χ1v) is 6.94. The quantitative estimate of drug-likeness (QED) is 0.894. The zero-order valence-corrected chi connectivity index (χ0v) is 12.0. The van der Waals surface area contributed by atoms with E-state index in [9.17, 15) is 0 Å². The molecule has 0 amide bonds. The number of hydrogen-bond donors (Lipinski definition) is 1. The van der Waals surface area contributed by atoms with Crippen molar-refractivity contribution in [3.63, 3.8) is 0 Å². The molecule has 2 aromatic rings. The average Bonchev–Trinajstić information content (AvgIpc) is 2.82. The van der Waals surface area contributed by atoms with Crippen LogP contribution in [0.2, 0.25) is 0 Å². The van der Waals surface area contributed by atoms with Gasteiger partial charge in [0.1, 0.15) is 5.82 Å². The Morgan fingerprint density at radius 2 is 2.00 bits per heavy atom. The van der Waals surface area contributed by atoms with Gasteiger partial charge in [-0.3, -0.25) is 0 Å². The summed E-state index contributed by atoms with van der Waals surface area (Å²) in [5.41, 5.74) is 9.21. The van der Waals surface area contributed by atoms with Crippen molar-refractivity contribution in [2.45, 2.75) is 40.0 Å². The lowest BCUT2D eigenvalue weighted by atomic mass is 10.1. The number of aryl methyl sites for hydroxylation is 3. The van der Waals surface area contributed by atoms with Crippen molar-refractivity contribution in [3.8, 4) is 5.69 Å². The molecule has 2 rings (SSSR count).